The van der Waals surface area contributed by atoms with Crippen LogP contribution < -0.4 is 0 Å². The maximum absolute atomic E-state index is 12.3. The lowest BCUT2D eigenvalue weighted by Crippen LogP contribution is -2.23. The van der Waals surface area contributed by atoms with E-state index in [1.165, 1.54) is 12.8 Å². The minimum Gasteiger partial charge on any atom is -0.464 e. The molecule has 1 aromatic heterocycles. The number of halogens is 3. The summed E-state index contributed by atoms with van der Waals surface area (Å²) in [4.78, 5) is 12.3. The second kappa shape index (κ2) is 12.3. The normalized spacial score (nSPS) is 12.7. The van der Waals surface area contributed by atoms with Crippen molar-refractivity contribution < 1.29 is 9.53 Å². The minimum absolute atomic E-state index is 0.230. The van der Waals surface area contributed by atoms with Crippen LogP contribution >= 0.6 is 47.8 Å². The second-order valence-corrected chi connectivity index (χ2v) is 7.77. The van der Waals surface area contributed by atoms with Crippen LogP contribution in [-0.4, -0.2) is 22.4 Å². The highest BCUT2D eigenvalue weighted by Crippen LogP contribution is 2.34. The van der Waals surface area contributed by atoms with E-state index >= 15 is 0 Å². The van der Waals surface area contributed by atoms with Gasteiger partial charge in [-0.05, 0) is 80.4 Å². The Balaban J connectivity index is 2.56. The number of hydrogen-bond donors (Lipinski definition) is 0. The van der Waals surface area contributed by atoms with Gasteiger partial charge in [-0.25, -0.2) is 9.48 Å². The predicted molar refractivity (Wildman–Crippen MR) is 108 cm³/mol. The largest absolute Gasteiger partial charge is 0.464 e. The van der Waals surface area contributed by atoms with Crippen molar-refractivity contribution in [1.29, 1.82) is 0 Å². The molecule has 4 nitrogen and oxygen atoms in total. The Bertz CT molecular complexity index is 544. The number of ether oxygens (including phenoxy) is 1. The summed E-state index contributed by atoms with van der Waals surface area (Å²) in [5.74, 6) is -0.230. The quantitative estimate of drug-likeness (QED) is 0.185. The SMILES string of the molecule is CCC=CCCCCCCC(C(=O)OCC)n1nc(Br)c(Br)c1Br. The van der Waals surface area contributed by atoms with Crippen LogP contribution in [0, 0.1) is 0 Å². The van der Waals surface area contributed by atoms with Crippen LogP contribution in [-0.2, 0) is 9.53 Å². The van der Waals surface area contributed by atoms with Gasteiger partial charge in [-0.3, -0.25) is 0 Å². The van der Waals surface area contributed by atoms with Crippen molar-refractivity contribution in [2.75, 3.05) is 6.61 Å². The standard InChI is InChI=1S/C17H25Br3N2O2/c1-3-5-6-7-8-9-10-11-12-13(17(23)24-4-2)22-16(20)14(18)15(19)21-22/h5-6,13H,3-4,7-12H2,1-2H3. The summed E-state index contributed by atoms with van der Waals surface area (Å²) in [5.41, 5.74) is 0. The lowest BCUT2D eigenvalue weighted by atomic mass is 10.1. The first kappa shape index (κ1) is 21.9. The predicted octanol–water partition coefficient (Wildman–Crippen LogP) is 6.58. The van der Waals surface area contributed by atoms with Crippen LogP contribution in [0.15, 0.2) is 25.8 Å². The van der Waals surface area contributed by atoms with Crippen molar-refractivity contribution in [3.8, 4) is 0 Å². The van der Waals surface area contributed by atoms with Gasteiger partial charge in [-0.1, -0.05) is 38.3 Å². The number of carbonyl (C=O) groups is 1. The lowest BCUT2D eigenvalue weighted by molar-refractivity contribution is -0.147. The zero-order valence-corrected chi connectivity index (χ0v) is 19.0. The fraction of sp³-hybridized carbons (Fsp3) is 0.647. The number of esters is 1. The van der Waals surface area contributed by atoms with Crippen molar-refractivity contribution in [2.45, 2.75) is 64.8 Å². The first-order chi connectivity index (χ1) is 11.5. The molecular formula is C17H25Br3N2O2. The maximum atomic E-state index is 12.3. The lowest BCUT2D eigenvalue weighted by Gasteiger charge is -2.17. The molecule has 0 bridgehead atoms. The fourth-order valence-electron chi connectivity index (χ4n) is 2.39. The Morgan fingerprint density at radius 3 is 2.46 bits per heavy atom. The van der Waals surface area contributed by atoms with Crippen molar-refractivity contribution in [1.82, 2.24) is 9.78 Å². The fourth-order valence-corrected chi connectivity index (χ4v) is 3.79. The molecule has 0 radical (unpaired) electrons. The molecule has 24 heavy (non-hydrogen) atoms. The molecule has 1 atom stereocenters. The van der Waals surface area contributed by atoms with Gasteiger partial charge >= 0.3 is 5.97 Å². The number of nitrogens with zero attached hydrogens (tertiary/aromatic N) is 2. The Morgan fingerprint density at radius 1 is 1.17 bits per heavy atom. The molecule has 1 rings (SSSR count). The zero-order chi connectivity index (χ0) is 17.9. The summed E-state index contributed by atoms with van der Waals surface area (Å²) >= 11 is 10.3. The molecular weight excluding hydrogens is 504 g/mol. The van der Waals surface area contributed by atoms with Crippen LogP contribution in [0.2, 0.25) is 0 Å². The Morgan fingerprint density at radius 2 is 1.88 bits per heavy atom. The highest BCUT2D eigenvalue weighted by atomic mass is 79.9. The second-order valence-electron chi connectivity index (χ2n) is 5.48. The molecule has 7 heteroatoms. The van der Waals surface area contributed by atoms with Crippen molar-refractivity contribution >= 4 is 53.8 Å². The van der Waals surface area contributed by atoms with Gasteiger partial charge in [0, 0.05) is 0 Å². The molecule has 0 aliphatic rings. The average Bonchev–Trinajstić information content (AvgIpc) is 2.81. The number of allylic oxidation sites excluding steroid dienone is 2. The van der Waals surface area contributed by atoms with E-state index < -0.39 is 6.04 Å². The summed E-state index contributed by atoms with van der Waals surface area (Å²) < 4.78 is 9.14. The van der Waals surface area contributed by atoms with Crippen LogP contribution in [0.1, 0.15) is 64.8 Å². The molecule has 0 aromatic carbocycles. The Hall–Kier alpha value is -0.140. The summed E-state index contributed by atoms with van der Waals surface area (Å²) in [6.45, 7) is 4.35. The molecule has 0 saturated carbocycles. The maximum Gasteiger partial charge on any atom is 0.330 e. The number of carbonyl (C=O) groups excluding carboxylic acids is 1. The van der Waals surface area contributed by atoms with Crippen LogP contribution in [0.3, 0.4) is 0 Å². The molecule has 136 valence electrons. The van der Waals surface area contributed by atoms with Gasteiger partial charge in [-0.2, -0.15) is 5.10 Å². The Kier molecular flexibility index (Phi) is 11.2. The van der Waals surface area contributed by atoms with Gasteiger partial charge in [0.15, 0.2) is 6.04 Å². The van der Waals surface area contributed by atoms with Crippen LogP contribution in [0.5, 0.6) is 0 Å². The van der Waals surface area contributed by atoms with E-state index in [1.807, 2.05) is 6.92 Å². The Labute approximate surface area is 169 Å². The van der Waals surface area contributed by atoms with E-state index in [-0.39, 0.29) is 5.97 Å². The molecule has 0 fully saturated rings. The van der Waals surface area contributed by atoms with Gasteiger partial charge in [0.1, 0.15) is 9.21 Å². The van der Waals surface area contributed by atoms with E-state index in [0.717, 1.165) is 41.2 Å². The number of hydrogen-bond acceptors (Lipinski definition) is 3. The zero-order valence-electron chi connectivity index (χ0n) is 14.2. The molecule has 0 aliphatic heterocycles. The van der Waals surface area contributed by atoms with Gasteiger partial charge in [0.05, 0.1) is 11.1 Å². The summed E-state index contributed by atoms with van der Waals surface area (Å²) in [5, 5.41) is 4.39. The van der Waals surface area contributed by atoms with Crippen molar-refractivity contribution in [3.05, 3.63) is 25.8 Å². The minimum atomic E-state index is -0.401. The van der Waals surface area contributed by atoms with Crippen molar-refractivity contribution in [3.63, 3.8) is 0 Å². The third-order valence-electron chi connectivity index (χ3n) is 3.61. The van der Waals surface area contributed by atoms with E-state index in [1.54, 1.807) is 4.68 Å². The number of unbranched alkanes of at least 4 members (excludes halogenated alkanes) is 4. The highest BCUT2D eigenvalue weighted by molar-refractivity contribution is 9.14. The van der Waals surface area contributed by atoms with Gasteiger partial charge < -0.3 is 4.74 Å². The van der Waals surface area contributed by atoms with Gasteiger partial charge in [0.25, 0.3) is 0 Å². The molecule has 1 heterocycles. The third-order valence-corrected chi connectivity index (χ3v) is 6.74. The topological polar surface area (TPSA) is 44.1 Å². The van der Waals surface area contributed by atoms with E-state index in [2.05, 4.69) is 72.0 Å². The first-order valence-corrected chi connectivity index (χ1v) is 10.8. The molecule has 0 N–H and O–H groups in total. The summed E-state index contributed by atoms with van der Waals surface area (Å²) in [6, 6.07) is -0.401. The molecule has 0 saturated heterocycles. The highest BCUT2D eigenvalue weighted by Gasteiger charge is 2.26. The van der Waals surface area contributed by atoms with Gasteiger partial charge in [-0.15, -0.1) is 0 Å². The van der Waals surface area contributed by atoms with Crippen molar-refractivity contribution in [2.24, 2.45) is 0 Å². The molecule has 0 amide bonds. The monoisotopic (exact) mass is 526 g/mol. The smallest absolute Gasteiger partial charge is 0.330 e. The molecule has 1 aromatic rings. The first-order valence-electron chi connectivity index (χ1n) is 8.43. The molecule has 0 spiro atoms. The molecule has 0 aliphatic carbocycles. The van der Waals surface area contributed by atoms with Crippen LogP contribution in [0.4, 0.5) is 0 Å². The van der Waals surface area contributed by atoms with E-state index in [4.69, 9.17) is 4.74 Å². The van der Waals surface area contributed by atoms with E-state index in [9.17, 15) is 4.79 Å². The number of rotatable bonds is 11. The number of aromatic nitrogens is 2. The average molecular weight is 529 g/mol. The summed E-state index contributed by atoms with van der Waals surface area (Å²) in [7, 11) is 0. The summed E-state index contributed by atoms with van der Waals surface area (Å²) in [6.07, 6.45) is 11.9. The molecule has 1 unspecified atom stereocenters. The van der Waals surface area contributed by atoms with E-state index in [0.29, 0.717) is 11.2 Å². The van der Waals surface area contributed by atoms with Gasteiger partial charge in [0.2, 0.25) is 0 Å². The van der Waals surface area contributed by atoms with Crippen LogP contribution in [0.25, 0.3) is 0 Å². The third kappa shape index (κ3) is 7.00.